The molecule has 1 nitrogen and oxygen atoms in total. The third kappa shape index (κ3) is 3.63. The molecule has 0 aromatic heterocycles. The van der Waals surface area contributed by atoms with Crippen molar-refractivity contribution in [1.82, 2.24) is 0 Å². The summed E-state index contributed by atoms with van der Waals surface area (Å²) < 4.78 is 0. The van der Waals surface area contributed by atoms with Crippen molar-refractivity contribution in [2.24, 2.45) is 0 Å². The van der Waals surface area contributed by atoms with Gasteiger partial charge in [0.05, 0.1) is 0 Å². The second-order valence-corrected chi connectivity index (χ2v) is 1.91. The first-order chi connectivity index (χ1) is 3.81. The minimum Gasteiger partial charge on any atom is -0.192 e. The predicted molar refractivity (Wildman–Crippen MR) is 36.2 cm³/mol. The van der Waals surface area contributed by atoms with Crippen LogP contribution in [0.3, 0.4) is 0 Å². The Kier molecular flexibility index (Phi) is 4.29. The highest BCUT2D eigenvalue weighted by molar-refractivity contribution is 7.84. The Hall–Kier alpha value is -0.550. The first-order valence-corrected chi connectivity index (χ1v) is 2.99. The molecule has 0 amide bonds. The maximum absolute atomic E-state index is 8.14. The molecule has 0 heterocycles. The van der Waals surface area contributed by atoms with Crippen LogP contribution in [0.15, 0.2) is 11.0 Å². The molecule has 0 atom stereocenters. The fourth-order valence-electron chi connectivity index (χ4n) is 0.321. The quantitative estimate of drug-likeness (QED) is 0.521. The molecule has 0 aromatic carbocycles. The number of allylic oxidation sites excluding steroid dienone is 2. The van der Waals surface area contributed by atoms with Crippen molar-refractivity contribution in [3.8, 4) is 6.07 Å². The molecule has 0 N–H and O–H groups in total. The Morgan fingerprint density at radius 3 is 2.88 bits per heavy atom. The van der Waals surface area contributed by atoms with E-state index < -0.39 is 0 Å². The fourth-order valence-corrected chi connectivity index (χ4v) is 0.439. The van der Waals surface area contributed by atoms with Gasteiger partial charge in [-0.2, -0.15) is 5.26 Å². The second-order valence-electron chi connectivity index (χ2n) is 1.47. The molecule has 0 spiro atoms. The number of nitriles is 1. The van der Waals surface area contributed by atoms with E-state index >= 15 is 0 Å². The van der Waals surface area contributed by atoms with Crippen LogP contribution in [0, 0.1) is 11.3 Å². The Balaban J connectivity index is 3.46. The summed E-state index contributed by atoms with van der Waals surface area (Å²) in [6, 6.07) is 1.88. The first kappa shape index (κ1) is 7.45. The van der Waals surface area contributed by atoms with Gasteiger partial charge in [0.1, 0.15) is 11.0 Å². The van der Waals surface area contributed by atoms with E-state index in [0.717, 1.165) is 12.8 Å². The van der Waals surface area contributed by atoms with E-state index in [1.807, 2.05) is 6.07 Å². The Labute approximate surface area is 55.4 Å². The van der Waals surface area contributed by atoms with Crippen LogP contribution in [-0.2, 0) is 0 Å². The highest BCUT2D eigenvalue weighted by Gasteiger charge is 1.82. The summed E-state index contributed by atoms with van der Waals surface area (Å²) in [4.78, 5) is 0.409. The summed E-state index contributed by atoms with van der Waals surface area (Å²) in [5.74, 6) is 0. The Morgan fingerprint density at radius 2 is 2.50 bits per heavy atom. The molecule has 0 aliphatic heterocycles. The first-order valence-electron chi connectivity index (χ1n) is 2.58. The molecule has 1 radical (unpaired) electrons. The maximum atomic E-state index is 8.14. The molecule has 0 aliphatic carbocycles. The monoisotopic (exact) mass is 126 g/mol. The minimum atomic E-state index is 0.409. The van der Waals surface area contributed by atoms with Gasteiger partial charge in [-0.05, 0) is 6.42 Å². The lowest BCUT2D eigenvalue weighted by atomic mass is 10.3. The van der Waals surface area contributed by atoms with E-state index in [1.165, 1.54) is 0 Å². The third-order valence-corrected chi connectivity index (χ3v) is 0.987. The van der Waals surface area contributed by atoms with Crippen LogP contribution in [0.1, 0.15) is 19.8 Å². The smallest absolute Gasteiger partial charge is 0.111 e. The molecule has 0 aromatic rings. The molecule has 0 saturated carbocycles. The number of hydrogen-bond acceptors (Lipinski definition) is 1. The normalized spacial score (nSPS) is 10.8. The molecule has 0 bridgehead atoms. The van der Waals surface area contributed by atoms with Crippen LogP contribution in [0.5, 0.6) is 0 Å². The van der Waals surface area contributed by atoms with Gasteiger partial charge in [-0.3, -0.25) is 0 Å². The van der Waals surface area contributed by atoms with Gasteiger partial charge >= 0.3 is 0 Å². The van der Waals surface area contributed by atoms with Crippen LogP contribution in [0.25, 0.3) is 0 Å². The van der Waals surface area contributed by atoms with Crippen molar-refractivity contribution >= 4 is 12.6 Å². The standard InChI is InChI=1S/C6H8NS/c1-2-3-4-6(8)5-7/h4H,2-3H2,1H3/b6-4+. The summed E-state index contributed by atoms with van der Waals surface area (Å²) in [5.41, 5.74) is 0. The second kappa shape index (κ2) is 4.61. The molecule has 0 fully saturated rings. The molecular formula is C6H8NS. The lowest BCUT2D eigenvalue weighted by Gasteiger charge is -1.80. The average Bonchev–Trinajstić information content (AvgIpc) is 1.83. The van der Waals surface area contributed by atoms with E-state index in [2.05, 4.69) is 19.6 Å². The van der Waals surface area contributed by atoms with Crippen LogP contribution in [0.4, 0.5) is 0 Å². The Morgan fingerprint density at radius 1 is 1.88 bits per heavy atom. The largest absolute Gasteiger partial charge is 0.192 e. The zero-order valence-corrected chi connectivity index (χ0v) is 5.66. The van der Waals surface area contributed by atoms with E-state index in [9.17, 15) is 0 Å². The van der Waals surface area contributed by atoms with Gasteiger partial charge in [0.15, 0.2) is 0 Å². The lowest BCUT2D eigenvalue weighted by Crippen LogP contribution is -1.64. The summed E-state index contributed by atoms with van der Waals surface area (Å²) in [6.45, 7) is 2.05. The summed E-state index contributed by atoms with van der Waals surface area (Å²) >= 11 is 4.60. The summed E-state index contributed by atoms with van der Waals surface area (Å²) in [5, 5.41) is 8.14. The highest BCUT2D eigenvalue weighted by atomic mass is 32.1. The van der Waals surface area contributed by atoms with E-state index in [4.69, 9.17) is 5.26 Å². The molecule has 43 valence electrons. The predicted octanol–water partition coefficient (Wildman–Crippen LogP) is 2.39. The molecule has 0 rings (SSSR count). The Bertz CT molecular complexity index is 121. The fraction of sp³-hybridized carbons (Fsp3) is 0.500. The summed E-state index contributed by atoms with van der Waals surface area (Å²) in [7, 11) is 0. The van der Waals surface area contributed by atoms with Crippen LogP contribution < -0.4 is 0 Å². The maximum Gasteiger partial charge on any atom is 0.111 e. The lowest BCUT2D eigenvalue weighted by molar-refractivity contribution is 0.958. The number of unbranched alkanes of at least 4 members (excludes halogenated alkanes) is 1. The third-order valence-electron chi connectivity index (χ3n) is 0.729. The van der Waals surface area contributed by atoms with Gasteiger partial charge in [0.25, 0.3) is 0 Å². The SMILES string of the molecule is CCC/C=C(/[S])C#N. The summed E-state index contributed by atoms with van der Waals surface area (Å²) in [6.07, 6.45) is 3.75. The van der Waals surface area contributed by atoms with Gasteiger partial charge in [0, 0.05) is 0 Å². The van der Waals surface area contributed by atoms with Crippen molar-refractivity contribution in [3.05, 3.63) is 11.0 Å². The van der Waals surface area contributed by atoms with E-state index in [-0.39, 0.29) is 0 Å². The number of rotatable bonds is 2. The molecule has 2 heteroatoms. The van der Waals surface area contributed by atoms with Crippen LogP contribution in [0.2, 0.25) is 0 Å². The number of hydrogen-bond donors (Lipinski definition) is 0. The van der Waals surface area contributed by atoms with E-state index in [1.54, 1.807) is 6.08 Å². The van der Waals surface area contributed by atoms with Gasteiger partial charge in [0.2, 0.25) is 0 Å². The molecule has 0 aliphatic rings. The molecule has 8 heavy (non-hydrogen) atoms. The van der Waals surface area contributed by atoms with Crippen molar-refractivity contribution in [1.29, 1.82) is 5.26 Å². The van der Waals surface area contributed by atoms with Crippen molar-refractivity contribution in [2.75, 3.05) is 0 Å². The molecule has 0 saturated heterocycles. The van der Waals surface area contributed by atoms with Crippen LogP contribution in [-0.4, -0.2) is 0 Å². The average molecular weight is 126 g/mol. The zero-order chi connectivity index (χ0) is 6.41. The minimum absolute atomic E-state index is 0.409. The van der Waals surface area contributed by atoms with Gasteiger partial charge in [-0.25, -0.2) is 0 Å². The molecule has 0 unspecified atom stereocenters. The van der Waals surface area contributed by atoms with Crippen LogP contribution >= 0.6 is 12.6 Å². The zero-order valence-electron chi connectivity index (χ0n) is 4.85. The van der Waals surface area contributed by atoms with Crippen molar-refractivity contribution in [3.63, 3.8) is 0 Å². The topological polar surface area (TPSA) is 23.8 Å². The highest BCUT2D eigenvalue weighted by Crippen LogP contribution is 2.00. The van der Waals surface area contributed by atoms with Gasteiger partial charge < -0.3 is 0 Å². The van der Waals surface area contributed by atoms with Gasteiger partial charge in [-0.15, -0.1) is 0 Å². The number of nitrogens with zero attached hydrogens (tertiary/aromatic N) is 1. The van der Waals surface area contributed by atoms with Crippen molar-refractivity contribution in [2.45, 2.75) is 19.8 Å². The van der Waals surface area contributed by atoms with Gasteiger partial charge in [-0.1, -0.05) is 32.0 Å². The van der Waals surface area contributed by atoms with E-state index in [0.29, 0.717) is 4.91 Å². The molecular weight excluding hydrogens is 118 g/mol. The van der Waals surface area contributed by atoms with Crippen molar-refractivity contribution < 1.29 is 0 Å².